The van der Waals surface area contributed by atoms with Crippen LogP contribution < -0.4 is 10.6 Å². The second kappa shape index (κ2) is 7.27. The summed E-state index contributed by atoms with van der Waals surface area (Å²) in [4.78, 5) is 26.3. The molecule has 25 heavy (non-hydrogen) atoms. The number of Topliss-reactive ketones (excluding diaryl/α,β-unsaturated/α-hetero) is 1. The van der Waals surface area contributed by atoms with E-state index in [0.29, 0.717) is 17.1 Å². The van der Waals surface area contributed by atoms with Crippen molar-refractivity contribution in [2.45, 2.75) is 24.7 Å². The number of anilines is 2. The monoisotopic (exact) mass is 358 g/mol. The zero-order valence-electron chi connectivity index (χ0n) is 13.9. The SMILES string of the molecule is CC(=O)c1ccc(SCC(=O)N2CCCc3c(N)cccc32)cc1F. The van der Waals surface area contributed by atoms with E-state index in [0.717, 1.165) is 24.1 Å². The molecular formula is C19H19FN2O2S. The number of hydrogen-bond acceptors (Lipinski definition) is 4. The lowest BCUT2D eigenvalue weighted by molar-refractivity contribution is -0.116. The van der Waals surface area contributed by atoms with Crippen molar-refractivity contribution in [3.63, 3.8) is 0 Å². The van der Waals surface area contributed by atoms with Crippen LogP contribution in [0.2, 0.25) is 0 Å². The van der Waals surface area contributed by atoms with Gasteiger partial charge in [-0.05, 0) is 55.7 Å². The van der Waals surface area contributed by atoms with Crippen molar-refractivity contribution in [2.24, 2.45) is 0 Å². The number of hydrogen-bond donors (Lipinski definition) is 1. The molecule has 0 spiro atoms. The van der Waals surface area contributed by atoms with Crippen molar-refractivity contribution in [1.82, 2.24) is 0 Å². The third kappa shape index (κ3) is 3.69. The molecule has 0 aliphatic carbocycles. The van der Waals surface area contributed by atoms with Crippen molar-refractivity contribution >= 4 is 34.8 Å². The second-order valence-corrected chi connectivity index (χ2v) is 7.03. The zero-order valence-corrected chi connectivity index (χ0v) is 14.7. The van der Waals surface area contributed by atoms with Crippen molar-refractivity contribution in [1.29, 1.82) is 0 Å². The number of halogens is 1. The molecule has 2 N–H and O–H groups in total. The standard InChI is InChI=1S/C19H19FN2O2S/c1-12(23)14-8-7-13(10-16(14)20)25-11-19(24)22-9-3-4-15-17(21)5-2-6-18(15)22/h2,5-8,10H,3-4,9,11,21H2,1H3. The Hall–Kier alpha value is -2.34. The molecule has 3 rings (SSSR count). The van der Waals surface area contributed by atoms with E-state index >= 15 is 0 Å². The van der Waals surface area contributed by atoms with E-state index in [4.69, 9.17) is 5.73 Å². The van der Waals surface area contributed by atoms with Crippen molar-refractivity contribution < 1.29 is 14.0 Å². The molecule has 0 unspecified atom stereocenters. The molecule has 0 aromatic heterocycles. The Morgan fingerprint density at radius 3 is 2.80 bits per heavy atom. The third-order valence-corrected chi connectivity index (χ3v) is 5.25. The van der Waals surface area contributed by atoms with Crippen LogP contribution in [-0.4, -0.2) is 24.0 Å². The number of fused-ring (bicyclic) bond motifs is 1. The maximum atomic E-state index is 13.9. The van der Waals surface area contributed by atoms with Gasteiger partial charge in [0.15, 0.2) is 5.78 Å². The minimum absolute atomic E-state index is 0.0346. The summed E-state index contributed by atoms with van der Waals surface area (Å²) in [5.41, 5.74) is 8.68. The molecule has 0 fully saturated rings. The number of carbonyl (C=O) groups excluding carboxylic acids is 2. The van der Waals surface area contributed by atoms with Crippen LogP contribution >= 0.6 is 11.8 Å². The van der Waals surface area contributed by atoms with E-state index in [-0.39, 0.29) is 23.0 Å². The lowest BCUT2D eigenvalue weighted by atomic mass is 10.00. The molecule has 0 atom stereocenters. The first-order valence-electron chi connectivity index (χ1n) is 8.08. The quantitative estimate of drug-likeness (QED) is 0.514. The summed E-state index contributed by atoms with van der Waals surface area (Å²) in [6, 6.07) is 10.0. The summed E-state index contributed by atoms with van der Waals surface area (Å²) in [7, 11) is 0. The summed E-state index contributed by atoms with van der Waals surface area (Å²) in [6.07, 6.45) is 1.75. The van der Waals surface area contributed by atoms with Gasteiger partial charge in [0.2, 0.25) is 5.91 Å². The number of nitrogens with two attached hydrogens (primary N) is 1. The predicted octanol–water partition coefficient (Wildman–Crippen LogP) is 3.68. The average molecular weight is 358 g/mol. The lowest BCUT2D eigenvalue weighted by Crippen LogP contribution is -2.36. The fraction of sp³-hybridized carbons (Fsp3) is 0.263. The van der Waals surface area contributed by atoms with E-state index in [1.165, 1.54) is 30.8 Å². The van der Waals surface area contributed by atoms with Crippen LogP contribution in [0.5, 0.6) is 0 Å². The highest BCUT2D eigenvalue weighted by molar-refractivity contribution is 8.00. The van der Waals surface area contributed by atoms with Gasteiger partial charge >= 0.3 is 0 Å². The molecule has 1 amide bonds. The maximum absolute atomic E-state index is 13.9. The Morgan fingerprint density at radius 1 is 1.28 bits per heavy atom. The van der Waals surface area contributed by atoms with Crippen LogP contribution in [0.15, 0.2) is 41.3 Å². The summed E-state index contributed by atoms with van der Waals surface area (Å²) < 4.78 is 13.9. The normalized spacial score (nSPS) is 13.4. The first kappa shape index (κ1) is 17.5. The van der Waals surface area contributed by atoms with Crippen molar-refractivity contribution in [3.8, 4) is 0 Å². The van der Waals surface area contributed by atoms with E-state index < -0.39 is 5.82 Å². The van der Waals surface area contributed by atoms with Gasteiger partial charge in [0.25, 0.3) is 0 Å². The maximum Gasteiger partial charge on any atom is 0.237 e. The highest BCUT2D eigenvalue weighted by atomic mass is 32.2. The zero-order chi connectivity index (χ0) is 18.0. The third-order valence-electron chi connectivity index (χ3n) is 4.27. The van der Waals surface area contributed by atoms with Gasteiger partial charge in [-0.1, -0.05) is 6.07 Å². The number of nitrogen functional groups attached to an aromatic ring is 1. The Balaban J connectivity index is 1.71. The van der Waals surface area contributed by atoms with Crippen LogP contribution in [-0.2, 0) is 11.2 Å². The smallest absolute Gasteiger partial charge is 0.237 e. The molecule has 0 bridgehead atoms. The molecule has 0 radical (unpaired) electrons. The van der Waals surface area contributed by atoms with E-state index in [1.54, 1.807) is 11.0 Å². The number of rotatable bonds is 4. The molecule has 1 aliphatic rings. The first-order chi connectivity index (χ1) is 12.0. The molecule has 6 heteroatoms. The van der Waals surface area contributed by atoms with Crippen LogP contribution in [0.3, 0.4) is 0 Å². The summed E-state index contributed by atoms with van der Waals surface area (Å²) in [5.74, 6) is -0.700. The largest absolute Gasteiger partial charge is 0.398 e. The van der Waals surface area contributed by atoms with Gasteiger partial charge in [0.1, 0.15) is 5.82 Å². The molecule has 0 saturated heterocycles. The molecule has 4 nitrogen and oxygen atoms in total. The van der Waals surface area contributed by atoms with Gasteiger partial charge in [-0.3, -0.25) is 9.59 Å². The summed E-state index contributed by atoms with van der Waals surface area (Å²) in [5, 5.41) is 0. The molecule has 1 heterocycles. The number of thioether (sulfide) groups is 1. The number of carbonyl (C=O) groups is 2. The predicted molar refractivity (Wildman–Crippen MR) is 98.7 cm³/mol. The van der Waals surface area contributed by atoms with Gasteiger partial charge < -0.3 is 10.6 Å². The molecule has 1 aliphatic heterocycles. The lowest BCUT2D eigenvalue weighted by Gasteiger charge is -2.30. The van der Waals surface area contributed by atoms with Gasteiger partial charge in [0, 0.05) is 22.8 Å². The minimum Gasteiger partial charge on any atom is -0.398 e. The molecule has 0 saturated carbocycles. The van der Waals surface area contributed by atoms with Gasteiger partial charge in [0.05, 0.1) is 11.3 Å². The highest BCUT2D eigenvalue weighted by Crippen LogP contribution is 2.32. The Bertz CT molecular complexity index is 838. The van der Waals surface area contributed by atoms with Crippen LogP contribution in [0.1, 0.15) is 29.3 Å². The Kier molecular flexibility index (Phi) is 5.08. The van der Waals surface area contributed by atoms with Crippen molar-refractivity contribution in [3.05, 3.63) is 53.3 Å². The molecule has 2 aromatic rings. The van der Waals surface area contributed by atoms with E-state index in [9.17, 15) is 14.0 Å². The van der Waals surface area contributed by atoms with Crippen LogP contribution in [0, 0.1) is 5.82 Å². The average Bonchev–Trinajstić information content (AvgIpc) is 2.59. The number of nitrogens with zero attached hydrogens (tertiary/aromatic N) is 1. The highest BCUT2D eigenvalue weighted by Gasteiger charge is 2.23. The molecule has 130 valence electrons. The number of benzene rings is 2. The van der Waals surface area contributed by atoms with Crippen LogP contribution in [0.25, 0.3) is 0 Å². The van der Waals surface area contributed by atoms with E-state index in [1.807, 2.05) is 18.2 Å². The van der Waals surface area contributed by atoms with Crippen LogP contribution in [0.4, 0.5) is 15.8 Å². The summed E-state index contributed by atoms with van der Waals surface area (Å²) in [6.45, 7) is 1.99. The Morgan fingerprint density at radius 2 is 2.08 bits per heavy atom. The second-order valence-electron chi connectivity index (χ2n) is 5.98. The van der Waals surface area contributed by atoms with Gasteiger partial charge in [-0.15, -0.1) is 11.8 Å². The topological polar surface area (TPSA) is 63.4 Å². The van der Waals surface area contributed by atoms with E-state index in [2.05, 4.69) is 0 Å². The number of ketones is 1. The summed E-state index contributed by atoms with van der Waals surface area (Å²) >= 11 is 1.26. The fourth-order valence-corrected chi connectivity index (χ4v) is 3.80. The molecular weight excluding hydrogens is 339 g/mol. The fourth-order valence-electron chi connectivity index (χ4n) is 3.00. The van der Waals surface area contributed by atoms with Gasteiger partial charge in [-0.2, -0.15) is 0 Å². The first-order valence-corrected chi connectivity index (χ1v) is 9.07. The van der Waals surface area contributed by atoms with Crippen molar-refractivity contribution in [2.75, 3.05) is 22.9 Å². The van der Waals surface area contributed by atoms with Gasteiger partial charge in [-0.25, -0.2) is 4.39 Å². The minimum atomic E-state index is -0.555. The number of amides is 1. The molecule has 2 aromatic carbocycles. The Labute approximate surface area is 150 Å².